The number of phenols is 1. The number of fused-ring (bicyclic) bond motifs is 1. The third kappa shape index (κ3) is 2.28. The summed E-state index contributed by atoms with van der Waals surface area (Å²) in [5.41, 5.74) is 7.01. The number of benzene rings is 1. The van der Waals surface area contributed by atoms with E-state index in [1.807, 2.05) is 4.40 Å². The van der Waals surface area contributed by atoms with Gasteiger partial charge in [0.05, 0.1) is 0 Å². The molecule has 19 heavy (non-hydrogen) atoms. The average Bonchev–Trinajstić information content (AvgIpc) is 2.80. The molecule has 6 nitrogen and oxygen atoms in total. The number of hydrogen-bond acceptors (Lipinski definition) is 5. The highest BCUT2D eigenvalue weighted by Gasteiger charge is 2.06. The van der Waals surface area contributed by atoms with Crippen LogP contribution in [0.15, 0.2) is 42.6 Å². The highest BCUT2D eigenvalue weighted by molar-refractivity contribution is 5.51. The Morgan fingerprint density at radius 1 is 1.16 bits per heavy atom. The second kappa shape index (κ2) is 4.49. The van der Waals surface area contributed by atoms with E-state index >= 15 is 0 Å². The summed E-state index contributed by atoms with van der Waals surface area (Å²) in [5, 5.41) is 17.3. The summed E-state index contributed by atoms with van der Waals surface area (Å²) in [6, 6.07) is 10.0. The molecule has 0 amide bonds. The molecule has 3 N–H and O–H groups in total. The third-order valence-corrected chi connectivity index (χ3v) is 2.71. The van der Waals surface area contributed by atoms with E-state index in [0.29, 0.717) is 22.9 Å². The molecule has 3 aromatic rings. The Bertz CT molecular complexity index is 706. The second-order valence-corrected chi connectivity index (χ2v) is 4.09. The van der Waals surface area contributed by atoms with Gasteiger partial charge in [0.15, 0.2) is 11.5 Å². The standard InChI is InChI=1S/C13H12N4O2/c14-9-5-6-17-12(7-9)15-16-13(17)8-19-11-3-1-10(18)2-4-11/h1-7,18H,8,14H2. The lowest BCUT2D eigenvalue weighted by molar-refractivity contribution is 0.294. The Morgan fingerprint density at radius 3 is 2.74 bits per heavy atom. The van der Waals surface area contributed by atoms with Crippen LogP contribution in [-0.2, 0) is 6.61 Å². The average molecular weight is 256 g/mol. The van der Waals surface area contributed by atoms with Gasteiger partial charge in [-0.3, -0.25) is 4.40 Å². The van der Waals surface area contributed by atoms with Crippen molar-refractivity contribution < 1.29 is 9.84 Å². The minimum Gasteiger partial charge on any atom is -0.508 e. The summed E-state index contributed by atoms with van der Waals surface area (Å²) in [5.74, 6) is 1.55. The molecule has 0 radical (unpaired) electrons. The van der Waals surface area contributed by atoms with Gasteiger partial charge in [-0.05, 0) is 30.3 Å². The fourth-order valence-electron chi connectivity index (χ4n) is 1.74. The molecule has 1 aromatic carbocycles. The van der Waals surface area contributed by atoms with Crippen molar-refractivity contribution in [2.24, 2.45) is 0 Å². The highest BCUT2D eigenvalue weighted by atomic mass is 16.5. The molecule has 0 unspecified atom stereocenters. The zero-order chi connectivity index (χ0) is 13.2. The normalized spacial score (nSPS) is 10.7. The maximum Gasteiger partial charge on any atom is 0.175 e. The number of hydrogen-bond donors (Lipinski definition) is 2. The van der Waals surface area contributed by atoms with E-state index in [2.05, 4.69) is 10.2 Å². The second-order valence-electron chi connectivity index (χ2n) is 4.09. The summed E-state index contributed by atoms with van der Waals surface area (Å²) < 4.78 is 7.39. The monoisotopic (exact) mass is 256 g/mol. The van der Waals surface area contributed by atoms with E-state index in [9.17, 15) is 5.11 Å². The quantitative estimate of drug-likeness (QED) is 0.743. The van der Waals surface area contributed by atoms with Gasteiger partial charge in [-0.25, -0.2) is 0 Å². The Morgan fingerprint density at radius 2 is 1.95 bits per heavy atom. The number of nitrogens with zero attached hydrogens (tertiary/aromatic N) is 3. The molecule has 0 bridgehead atoms. The van der Waals surface area contributed by atoms with E-state index in [-0.39, 0.29) is 12.4 Å². The summed E-state index contributed by atoms with van der Waals surface area (Å²) in [7, 11) is 0. The molecule has 0 saturated heterocycles. The van der Waals surface area contributed by atoms with Gasteiger partial charge in [0.25, 0.3) is 0 Å². The van der Waals surface area contributed by atoms with Crippen LogP contribution in [0.5, 0.6) is 11.5 Å². The van der Waals surface area contributed by atoms with Crippen LogP contribution in [-0.4, -0.2) is 19.7 Å². The van der Waals surface area contributed by atoms with Gasteiger partial charge < -0.3 is 15.6 Å². The number of anilines is 1. The molecule has 3 rings (SSSR count). The molecule has 0 saturated carbocycles. The third-order valence-electron chi connectivity index (χ3n) is 2.71. The van der Waals surface area contributed by atoms with Crippen LogP contribution in [0.1, 0.15) is 5.82 Å². The smallest absolute Gasteiger partial charge is 0.175 e. The number of rotatable bonds is 3. The van der Waals surface area contributed by atoms with E-state index in [1.54, 1.807) is 42.6 Å². The van der Waals surface area contributed by atoms with E-state index in [1.165, 1.54) is 0 Å². The molecule has 2 heterocycles. The fraction of sp³-hybridized carbons (Fsp3) is 0.0769. The van der Waals surface area contributed by atoms with Crippen molar-refractivity contribution in [1.29, 1.82) is 0 Å². The number of ether oxygens (including phenoxy) is 1. The zero-order valence-corrected chi connectivity index (χ0v) is 10.0. The van der Waals surface area contributed by atoms with Gasteiger partial charge >= 0.3 is 0 Å². The summed E-state index contributed by atoms with van der Waals surface area (Å²) in [4.78, 5) is 0. The van der Waals surface area contributed by atoms with Crippen molar-refractivity contribution in [3.8, 4) is 11.5 Å². The van der Waals surface area contributed by atoms with Crippen LogP contribution in [0, 0.1) is 0 Å². The van der Waals surface area contributed by atoms with E-state index < -0.39 is 0 Å². The summed E-state index contributed by atoms with van der Waals surface area (Å²) in [6.07, 6.45) is 1.81. The lowest BCUT2D eigenvalue weighted by Crippen LogP contribution is -2.01. The molecular formula is C13H12N4O2. The van der Waals surface area contributed by atoms with Crippen LogP contribution in [0.2, 0.25) is 0 Å². The Balaban J connectivity index is 1.80. The predicted octanol–water partition coefficient (Wildman–Crippen LogP) is 1.60. The molecule has 96 valence electrons. The number of pyridine rings is 1. The summed E-state index contributed by atoms with van der Waals surface area (Å²) >= 11 is 0. The molecule has 0 fully saturated rings. The van der Waals surface area contributed by atoms with Crippen LogP contribution >= 0.6 is 0 Å². The van der Waals surface area contributed by atoms with Crippen LogP contribution in [0.3, 0.4) is 0 Å². The minimum atomic E-state index is 0.204. The number of phenolic OH excluding ortho intramolecular Hbond substituents is 1. The van der Waals surface area contributed by atoms with Crippen molar-refractivity contribution in [2.75, 3.05) is 5.73 Å². The maximum absolute atomic E-state index is 9.18. The number of nitrogens with two attached hydrogens (primary N) is 1. The molecular weight excluding hydrogens is 244 g/mol. The minimum absolute atomic E-state index is 0.204. The van der Waals surface area contributed by atoms with Crippen LogP contribution in [0.4, 0.5) is 5.69 Å². The Kier molecular flexibility index (Phi) is 2.68. The molecule has 6 heteroatoms. The van der Waals surface area contributed by atoms with E-state index in [4.69, 9.17) is 10.5 Å². The summed E-state index contributed by atoms with van der Waals surface area (Å²) in [6.45, 7) is 0.288. The lowest BCUT2D eigenvalue weighted by Gasteiger charge is -2.05. The first-order valence-corrected chi connectivity index (χ1v) is 5.73. The molecule has 0 aliphatic carbocycles. The molecule has 2 aromatic heterocycles. The van der Waals surface area contributed by atoms with Gasteiger partial charge in [-0.1, -0.05) is 0 Å². The SMILES string of the molecule is Nc1ccn2c(COc3ccc(O)cc3)nnc2c1. The molecule has 0 aliphatic heterocycles. The van der Waals surface area contributed by atoms with E-state index in [0.717, 1.165) is 0 Å². The molecule has 0 aliphatic rings. The fourth-order valence-corrected chi connectivity index (χ4v) is 1.74. The first kappa shape index (κ1) is 11.3. The van der Waals surface area contributed by atoms with Crippen molar-refractivity contribution in [3.05, 3.63) is 48.4 Å². The maximum atomic E-state index is 9.18. The van der Waals surface area contributed by atoms with Crippen LogP contribution < -0.4 is 10.5 Å². The van der Waals surface area contributed by atoms with Gasteiger partial charge in [0.2, 0.25) is 0 Å². The van der Waals surface area contributed by atoms with Gasteiger partial charge in [0.1, 0.15) is 18.1 Å². The number of nitrogen functional groups attached to an aromatic ring is 1. The topological polar surface area (TPSA) is 85.7 Å². The molecule has 0 spiro atoms. The number of aromatic nitrogens is 3. The Hall–Kier alpha value is -2.76. The Labute approximate surface area is 109 Å². The molecule has 0 atom stereocenters. The largest absolute Gasteiger partial charge is 0.508 e. The first-order valence-electron chi connectivity index (χ1n) is 5.73. The van der Waals surface area contributed by atoms with Gasteiger partial charge in [-0.15, -0.1) is 10.2 Å². The van der Waals surface area contributed by atoms with Crippen LogP contribution in [0.25, 0.3) is 5.65 Å². The van der Waals surface area contributed by atoms with Crippen molar-refractivity contribution in [1.82, 2.24) is 14.6 Å². The lowest BCUT2D eigenvalue weighted by atomic mass is 10.3. The van der Waals surface area contributed by atoms with Gasteiger partial charge in [-0.2, -0.15) is 0 Å². The van der Waals surface area contributed by atoms with Gasteiger partial charge in [0, 0.05) is 18.0 Å². The first-order chi connectivity index (χ1) is 9.22. The predicted molar refractivity (Wildman–Crippen MR) is 69.8 cm³/mol. The zero-order valence-electron chi connectivity index (χ0n) is 10.0. The van der Waals surface area contributed by atoms with Crippen molar-refractivity contribution in [2.45, 2.75) is 6.61 Å². The van der Waals surface area contributed by atoms with Crippen molar-refractivity contribution >= 4 is 11.3 Å². The number of aromatic hydroxyl groups is 1. The highest BCUT2D eigenvalue weighted by Crippen LogP contribution is 2.17. The van der Waals surface area contributed by atoms with Crippen molar-refractivity contribution in [3.63, 3.8) is 0 Å².